The van der Waals surface area contributed by atoms with Crippen LogP contribution in [0, 0.1) is 13.8 Å². The van der Waals surface area contributed by atoms with Crippen LogP contribution < -0.4 is 5.56 Å². The van der Waals surface area contributed by atoms with Gasteiger partial charge < -0.3 is 4.98 Å². The SMILES string of the molecule is Cc1nc2c(c(=O)[nH]1)CN(Cc1cnc(-c3ccccc3)nc1C)CC2. The number of benzene rings is 1. The van der Waals surface area contributed by atoms with Crippen LogP contribution in [0.1, 0.15) is 28.3 Å². The summed E-state index contributed by atoms with van der Waals surface area (Å²) in [7, 11) is 0. The maximum absolute atomic E-state index is 12.2. The third-order valence-electron chi connectivity index (χ3n) is 4.77. The number of aryl methyl sites for hydroxylation is 2. The van der Waals surface area contributed by atoms with Crippen LogP contribution in [0.15, 0.2) is 41.3 Å². The molecule has 0 spiro atoms. The molecular formula is C20H21N5O. The van der Waals surface area contributed by atoms with Gasteiger partial charge in [-0.3, -0.25) is 9.69 Å². The first-order valence-electron chi connectivity index (χ1n) is 8.79. The zero-order valence-corrected chi connectivity index (χ0v) is 15.0. The predicted octanol–water partition coefficient (Wildman–Crippen LogP) is 2.40. The highest BCUT2D eigenvalue weighted by molar-refractivity contribution is 5.54. The van der Waals surface area contributed by atoms with Gasteiger partial charge in [0.15, 0.2) is 5.82 Å². The van der Waals surface area contributed by atoms with Crippen molar-refractivity contribution in [2.45, 2.75) is 33.4 Å². The van der Waals surface area contributed by atoms with E-state index in [2.05, 4.69) is 24.8 Å². The molecule has 0 amide bonds. The van der Waals surface area contributed by atoms with Crippen LogP contribution in [0.4, 0.5) is 0 Å². The first-order chi connectivity index (χ1) is 12.6. The van der Waals surface area contributed by atoms with Crippen molar-refractivity contribution < 1.29 is 0 Å². The Bertz CT molecular complexity index is 997. The van der Waals surface area contributed by atoms with E-state index in [9.17, 15) is 4.79 Å². The first kappa shape index (κ1) is 16.6. The summed E-state index contributed by atoms with van der Waals surface area (Å²) in [6.45, 7) is 6.05. The van der Waals surface area contributed by atoms with Gasteiger partial charge in [-0.1, -0.05) is 30.3 Å². The Morgan fingerprint density at radius 2 is 1.96 bits per heavy atom. The number of fused-ring (bicyclic) bond motifs is 1. The van der Waals surface area contributed by atoms with Crippen molar-refractivity contribution in [3.05, 3.63) is 75.2 Å². The van der Waals surface area contributed by atoms with Crippen molar-refractivity contribution in [2.75, 3.05) is 6.54 Å². The second kappa shape index (κ2) is 6.80. The third-order valence-corrected chi connectivity index (χ3v) is 4.77. The van der Waals surface area contributed by atoms with E-state index in [4.69, 9.17) is 0 Å². The summed E-state index contributed by atoms with van der Waals surface area (Å²) < 4.78 is 0. The molecule has 1 aliphatic heterocycles. The van der Waals surface area contributed by atoms with Crippen LogP contribution in [-0.4, -0.2) is 31.4 Å². The highest BCUT2D eigenvalue weighted by Crippen LogP contribution is 2.19. The van der Waals surface area contributed by atoms with Crippen LogP contribution in [0.25, 0.3) is 11.4 Å². The molecule has 3 aromatic rings. The fourth-order valence-electron chi connectivity index (χ4n) is 3.35. The molecule has 1 aromatic carbocycles. The molecule has 1 N–H and O–H groups in total. The predicted molar refractivity (Wildman–Crippen MR) is 99.6 cm³/mol. The lowest BCUT2D eigenvalue weighted by Gasteiger charge is -2.27. The second-order valence-corrected chi connectivity index (χ2v) is 6.71. The van der Waals surface area contributed by atoms with Gasteiger partial charge in [0, 0.05) is 49.1 Å². The van der Waals surface area contributed by atoms with Crippen molar-refractivity contribution in [1.29, 1.82) is 0 Å². The van der Waals surface area contributed by atoms with E-state index in [1.165, 1.54) is 0 Å². The Hall–Kier alpha value is -2.86. The van der Waals surface area contributed by atoms with E-state index >= 15 is 0 Å². The summed E-state index contributed by atoms with van der Waals surface area (Å²) in [5.74, 6) is 1.43. The molecule has 0 fully saturated rings. The fraction of sp³-hybridized carbons (Fsp3) is 0.300. The van der Waals surface area contributed by atoms with Gasteiger partial charge in [0.1, 0.15) is 5.82 Å². The van der Waals surface area contributed by atoms with Crippen LogP contribution in [-0.2, 0) is 19.5 Å². The zero-order chi connectivity index (χ0) is 18.1. The molecule has 3 heterocycles. The van der Waals surface area contributed by atoms with Crippen molar-refractivity contribution in [1.82, 2.24) is 24.8 Å². The van der Waals surface area contributed by atoms with Gasteiger partial charge >= 0.3 is 0 Å². The molecule has 26 heavy (non-hydrogen) atoms. The Kier molecular flexibility index (Phi) is 4.34. The van der Waals surface area contributed by atoms with E-state index in [1.54, 1.807) is 0 Å². The molecule has 0 atom stereocenters. The highest BCUT2D eigenvalue weighted by atomic mass is 16.1. The number of H-pyrrole nitrogens is 1. The van der Waals surface area contributed by atoms with Gasteiger partial charge in [-0.15, -0.1) is 0 Å². The van der Waals surface area contributed by atoms with Crippen molar-refractivity contribution in [3.63, 3.8) is 0 Å². The molecule has 132 valence electrons. The maximum Gasteiger partial charge on any atom is 0.255 e. The van der Waals surface area contributed by atoms with Gasteiger partial charge in [0.25, 0.3) is 5.56 Å². The van der Waals surface area contributed by atoms with Crippen molar-refractivity contribution >= 4 is 0 Å². The van der Waals surface area contributed by atoms with E-state index in [0.717, 1.165) is 53.4 Å². The standard InChI is InChI=1S/C20H21N5O/c1-13-16(10-21-19(22-13)15-6-4-3-5-7-15)11-25-9-8-18-17(12-25)20(26)24-14(2)23-18/h3-7,10H,8-9,11-12H2,1-2H3,(H,23,24,26). The van der Waals surface area contributed by atoms with Crippen molar-refractivity contribution in [3.8, 4) is 11.4 Å². The van der Waals surface area contributed by atoms with Gasteiger partial charge in [0.2, 0.25) is 0 Å². The number of rotatable bonds is 3. The quantitative estimate of drug-likeness (QED) is 0.787. The number of hydrogen-bond donors (Lipinski definition) is 1. The fourth-order valence-corrected chi connectivity index (χ4v) is 3.35. The second-order valence-electron chi connectivity index (χ2n) is 6.71. The Labute approximate surface area is 152 Å². The minimum atomic E-state index is -0.0235. The maximum atomic E-state index is 12.2. The average molecular weight is 347 g/mol. The molecule has 4 rings (SSSR count). The summed E-state index contributed by atoms with van der Waals surface area (Å²) in [5.41, 5.74) is 4.76. The molecule has 1 aliphatic rings. The highest BCUT2D eigenvalue weighted by Gasteiger charge is 2.21. The van der Waals surface area contributed by atoms with Crippen LogP contribution in [0.5, 0.6) is 0 Å². The molecule has 6 heteroatoms. The normalized spacial score (nSPS) is 14.2. The topological polar surface area (TPSA) is 74.8 Å². The largest absolute Gasteiger partial charge is 0.310 e. The Balaban J connectivity index is 1.54. The minimum absolute atomic E-state index is 0.0235. The van der Waals surface area contributed by atoms with E-state index < -0.39 is 0 Å². The minimum Gasteiger partial charge on any atom is -0.310 e. The summed E-state index contributed by atoms with van der Waals surface area (Å²) >= 11 is 0. The molecular weight excluding hydrogens is 326 g/mol. The van der Waals surface area contributed by atoms with Gasteiger partial charge in [-0.2, -0.15) is 0 Å². The molecule has 6 nitrogen and oxygen atoms in total. The van der Waals surface area contributed by atoms with Gasteiger partial charge in [-0.25, -0.2) is 15.0 Å². The monoisotopic (exact) mass is 347 g/mol. The van der Waals surface area contributed by atoms with Crippen LogP contribution in [0.3, 0.4) is 0 Å². The van der Waals surface area contributed by atoms with E-state index in [-0.39, 0.29) is 5.56 Å². The first-order valence-corrected chi connectivity index (χ1v) is 8.79. The molecule has 0 radical (unpaired) electrons. The Morgan fingerprint density at radius 1 is 1.15 bits per heavy atom. The molecule has 0 saturated heterocycles. The lowest BCUT2D eigenvalue weighted by atomic mass is 10.1. The summed E-state index contributed by atoms with van der Waals surface area (Å²) in [6.07, 6.45) is 2.69. The summed E-state index contributed by atoms with van der Waals surface area (Å²) in [6, 6.07) is 9.98. The Morgan fingerprint density at radius 3 is 2.73 bits per heavy atom. The number of hydrogen-bond acceptors (Lipinski definition) is 5. The lowest BCUT2D eigenvalue weighted by Crippen LogP contribution is -2.35. The molecule has 0 saturated carbocycles. The van der Waals surface area contributed by atoms with Crippen molar-refractivity contribution in [2.24, 2.45) is 0 Å². The third kappa shape index (κ3) is 3.28. The molecule has 0 bridgehead atoms. The molecule has 2 aromatic heterocycles. The van der Waals surface area contributed by atoms with E-state index in [1.807, 2.05) is 50.4 Å². The van der Waals surface area contributed by atoms with Crippen LogP contribution in [0.2, 0.25) is 0 Å². The number of aromatic amines is 1. The lowest BCUT2D eigenvalue weighted by molar-refractivity contribution is 0.240. The number of nitrogens with one attached hydrogen (secondary N) is 1. The van der Waals surface area contributed by atoms with E-state index in [0.29, 0.717) is 12.4 Å². The molecule has 0 unspecified atom stereocenters. The van der Waals surface area contributed by atoms with Crippen LogP contribution >= 0.6 is 0 Å². The van der Waals surface area contributed by atoms with Gasteiger partial charge in [-0.05, 0) is 13.8 Å². The van der Waals surface area contributed by atoms with Gasteiger partial charge in [0.05, 0.1) is 11.3 Å². The summed E-state index contributed by atoms with van der Waals surface area (Å²) in [4.78, 5) is 30.9. The molecule has 0 aliphatic carbocycles. The zero-order valence-electron chi connectivity index (χ0n) is 15.0. The number of aromatic nitrogens is 4. The average Bonchev–Trinajstić information content (AvgIpc) is 2.64. The smallest absolute Gasteiger partial charge is 0.255 e. The number of nitrogens with zero attached hydrogens (tertiary/aromatic N) is 4. The summed E-state index contributed by atoms with van der Waals surface area (Å²) in [5, 5.41) is 0.